The summed E-state index contributed by atoms with van der Waals surface area (Å²) in [5, 5.41) is 12.6. The molecule has 5 heteroatoms. The molecular weight excluding hydrogens is 190 g/mol. The first-order valence-corrected chi connectivity index (χ1v) is 4.91. The molecular formula is C10H10N5. The van der Waals surface area contributed by atoms with E-state index >= 15 is 0 Å². The molecule has 0 aliphatic carbocycles. The van der Waals surface area contributed by atoms with E-state index in [-0.39, 0.29) is 0 Å². The average Bonchev–Trinajstić information content (AvgIpc) is 2.74. The lowest BCUT2D eigenvalue weighted by molar-refractivity contribution is 0.500. The van der Waals surface area contributed by atoms with Crippen LogP contribution in [-0.2, 0) is 13.1 Å². The molecule has 0 aromatic carbocycles. The van der Waals surface area contributed by atoms with Gasteiger partial charge < -0.3 is 4.57 Å². The van der Waals surface area contributed by atoms with Crippen molar-refractivity contribution in [1.29, 1.82) is 0 Å². The third kappa shape index (κ3) is 1.41. The topological polar surface area (TPSA) is 57.7 Å². The van der Waals surface area contributed by atoms with Crippen LogP contribution in [0.3, 0.4) is 0 Å². The van der Waals surface area contributed by atoms with E-state index in [1.165, 1.54) is 0 Å². The normalized spacial score (nSPS) is 14.9. The van der Waals surface area contributed by atoms with Crippen LogP contribution in [0, 0.1) is 0 Å². The zero-order chi connectivity index (χ0) is 10.1. The standard InChI is InChI=1S/C10H10N5/c1-2-8(6-11-3-1)10-14-13-9-7-12-4-5-15(9)10/h1-3,6H,4-5,7H2. The molecule has 75 valence electrons. The van der Waals surface area contributed by atoms with Crippen molar-refractivity contribution in [1.82, 2.24) is 25.1 Å². The van der Waals surface area contributed by atoms with Gasteiger partial charge in [-0.1, -0.05) is 0 Å². The number of hydrogen-bond donors (Lipinski definition) is 0. The summed E-state index contributed by atoms with van der Waals surface area (Å²) >= 11 is 0. The molecule has 0 N–H and O–H groups in total. The van der Waals surface area contributed by atoms with E-state index in [4.69, 9.17) is 0 Å². The molecule has 3 heterocycles. The number of rotatable bonds is 1. The predicted octanol–water partition coefficient (Wildman–Crippen LogP) is 0.458. The molecule has 0 unspecified atom stereocenters. The minimum absolute atomic E-state index is 0.674. The van der Waals surface area contributed by atoms with Gasteiger partial charge >= 0.3 is 0 Å². The summed E-state index contributed by atoms with van der Waals surface area (Å²) in [6.07, 6.45) is 3.56. The molecule has 1 radical (unpaired) electrons. The molecule has 0 fully saturated rings. The predicted molar refractivity (Wildman–Crippen MR) is 54.0 cm³/mol. The van der Waals surface area contributed by atoms with Crippen LogP contribution >= 0.6 is 0 Å². The Kier molecular flexibility index (Phi) is 1.96. The highest BCUT2D eigenvalue weighted by Crippen LogP contribution is 2.18. The molecule has 0 saturated heterocycles. The van der Waals surface area contributed by atoms with Gasteiger partial charge in [-0.3, -0.25) is 4.98 Å². The van der Waals surface area contributed by atoms with Gasteiger partial charge in [0.25, 0.3) is 0 Å². The monoisotopic (exact) mass is 200 g/mol. The van der Waals surface area contributed by atoms with Crippen molar-refractivity contribution in [2.45, 2.75) is 13.1 Å². The Balaban J connectivity index is 2.09. The van der Waals surface area contributed by atoms with E-state index in [2.05, 4.69) is 25.1 Å². The van der Waals surface area contributed by atoms with Crippen LogP contribution in [0.15, 0.2) is 24.5 Å². The Morgan fingerprint density at radius 3 is 3.13 bits per heavy atom. The van der Waals surface area contributed by atoms with Crippen molar-refractivity contribution in [2.75, 3.05) is 6.54 Å². The fourth-order valence-corrected chi connectivity index (χ4v) is 1.75. The Labute approximate surface area is 87.2 Å². The summed E-state index contributed by atoms with van der Waals surface area (Å²) in [7, 11) is 0. The molecule has 0 spiro atoms. The third-order valence-electron chi connectivity index (χ3n) is 2.48. The Hall–Kier alpha value is -1.75. The fourth-order valence-electron chi connectivity index (χ4n) is 1.75. The maximum Gasteiger partial charge on any atom is 0.165 e. The zero-order valence-corrected chi connectivity index (χ0v) is 8.17. The van der Waals surface area contributed by atoms with E-state index in [9.17, 15) is 0 Å². The van der Waals surface area contributed by atoms with Crippen molar-refractivity contribution in [3.05, 3.63) is 30.4 Å². The van der Waals surface area contributed by atoms with Gasteiger partial charge in [-0.15, -0.1) is 10.2 Å². The first-order chi connectivity index (χ1) is 7.45. The minimum Gasteiger partial charge on any atom is -0.308 e. The first kappa shape index (κ1) is 8.55. The van der Waals surface area contributed by atoms with Crippen LogP contribution in [0.25, 0.3) is 11.4 Å². The van der Waals surface area contributed by atoms with Gasteiger partial charge in [0.1, 0.15) is 5.82 Å². The van der Waals surface area contributed by atoms with E-state index in [1.807, 2.05) is 18.3 Å². The maximum atomic E-state index is 4.29. The van der Waals surface area contributed by atoms with Crippen molar-refractivity contribution >= 4 is 0 Å². The van der Waals surface area contributed by atoms with E-state index < -0.39 is 0 Å². The van der Waals surface area contributed by atoms with Gasteiger partial charge in [0.15, 0.2) is 5.82 Å². The smallest absolute Gasteiger partial charge is 0.165 e. The van der Waals surface area contributed by atoms with E-state index in [0.29, 0.717) is 6.54 Å². The molecule has 2 aromatic heterocycles. The van der Waals surface area contributed by atoms with Gasteiger partial charge in [-0.25, -0.2) is 5.32 Å². The number of hydrogen-bond acceptors (Lipinski definition) is 3. The molecule has 0 atom stereocenters. The van der Waals surface area contributed by atoms with Crippen LogP contribution in [-0.4, -0.2) is 26.3 Å². The molecule has 0 saturated carbocycles. The van der Waals surface area contributed by atoms with Crippen molar-refractivity contribution in [2.24, 2.45) is 0 Å². The Bertz CT molecular complexity index is 462. The van der Waals surface area contributed by atoms with Gasteiger partial charge in [0, 0.05) is 31.0 Å². The number of fused-ring (bicyclic) bond motifs is 1. The molecule has 0 bridgehead atoms. The van der Waals surface area contributed by atoms with Crippen molar-refractivity contribution in [3.8, 4) is 11.4 Å². The lowest BCUT2D eigenvalue weighted by Gasteiger charge is -2.14. The van der Waals surface area contributed by atoms with Crippen LogP contribution in [0.5, 0.6) is 0 Å². The number of nitrogens with zero attached hydrogens (tertiary/aromatic N) is 5. The summed E-state index contributed by atoms with van der Waals surface area (Å²) in [6, 6.07) is 3.90. The molecule has 3 rings (SSSR count). The maximum absolute atomic E-state index is 4.29. The molecule has 5 nitrogen and oxygen atoms in total. The highest BCUT2D eigenvalue weighted by atomic mass is 15.3. The highest BCUT2D eigenvalue weighted by molar-refractivity contribution is 5.53. The molecule has 2 aromatic rings. The summed E-state index contributed by atoms with van der Waals surface area (Å²) in [6.45, 7) is 2.39. The van der Waals surface area contributed by atoms with Crippen molar-refractivity contribution < 1.29 is 0 Å². The van der Waals surface area contributed by atoms with Crippen LogP contribution in [0.1, 0.15) is 5.82 Å². The average molecular weight is 200 g/mol. The lowest BCUT2D eigenvalue weighted by atomic mass is 10.2. The summed E-state index contributed by atoms with van der Waals surface area (Å²) < 4.78 is 2.12. The SMILES string of the molecule is c1cncc(-c2nnc3n2CC[N]C3)c1. The van der Waals surface area contributed by atoms with Gasteiger partial charge in [-0.05, 0) is 12.1 Å². The molecule has 1 aliphatic heterocycles. The second-order valence-corrected chi connectivity index (χ2v) is 3.44. The molecule has 15 heavy (non-hydrogen) atoms. The van der Waals surface area contributed by atoms with E-state index in [0.717, 1.165) is 30.3 Å². The van der Waals surface area contributed by atoms with Crippen LogP contribution in [0.2, 0.25) is 0 Å². The lowest BCUT2D eigenvalue weighted by Crippen LogP contribution is -2.23. The van der Waals surface area contributed by atoms with Gasteiger partial charge in [0.05, 0.1) is 6.54 Å². The highest BCUT2D eigenvalue weighted by Gasteiger charge is 2.16. The summed E-state index contributed by atoms with van der Waals surface area (Å²) in [5.41, 5.74) is 1.01. The van der Waals surface area contributed by atoms with Crippen LogP contribution in [0.4, 0.5) is 0 Å². The number of aromatic nitrogens is 4. The molecule has 0 amide bonds. The first-order valence-electron chi connectivity index (χ1n) is 4.91. The summed E-state index contributed by atoms with van der Waals surface area (Å²) in [5.74, 6) is 1.84. The zero-order valence-electron chi connectivity index (χ0n) is 8.17. The van der Waals surface area contributed by atoms with E-state index in [1.54, 1.807) is 6.20 Å². The second kappa shape index (κ2) is 3.43. The quantitative estimate of drug-likeness (QED) is 0.671. The van der Waals surface area contributed by atoms with Gasteiger partial charge in [-0.2, -0.15) is 0 Å². The Morgan fingerprint density at radius 1 is 1.27 bits per heavy atom. The second-order valence-electron chi connectivity index (χ2n) is 3.44. The summed E-state index contributed by atoms with van der Waals surface area (Å²) in [4.78, 5) is 4.09. The van der Waals surface area contributed by atoms with Crippen LogP contribution < -0.4 is 5.32 Å². The minimum atomic E-state index is 0.674. The number of pyridine rings is 1. The van der Waals surface area contributed by atoms with Crippen molar-refractivity contribution in [3.63, 3.8) is 0 Å². The Morgan fingerprint density at radius 2 is 2.27 bits per heavy atom. The third-order valence-corrected chi connectivity index (χ3v) is 2.48. The largest absolute Gasteiger partial charge is 0.308 e. The fraction of sp³-hybridized carbons (Fsp3) is 0.300. The molecule has 1 aliphatic rings. The van der Waals surface area contributed by atoms with Gasteiger partial charge in [0.2, 0.25) is 0 Å².